The fourth-order valence-corrected chi connectivity index (χ4v) is 3.39. The van der Waals surface area contributed by atoms with E-state index in [1.807, 2.05) is 24.3 Å². The fourth-order valence-electron chi connectivity index (χ4n) is 2.51. The van der Waals surface area contributed by atoms with Gasteiger partial charge in [0.1, 0.15) is 5.82 Å². The maximum Gasteiger partial charge on any atom is 0.129 e. The number of hydrogen-bond acceptors (Lipinski definition) is 3. The van der Waals surface area contributed by atoms with Gasteiger partial charge in [-0.15, -0.1) is 0 Å². The third kappa shape index (κ3) is 2.57. The zero-order valence-corrected chi connectivity index (χ0v) is 12.7. The first-order valence-corrected chi connectivity index (χ1v) is 7.46. The largest absolute Gasteiger partial charge is 0.396 e. The summed E-state index contributed by atoms with van der Waals surface area (Å²) in [5.74, 6) is 1.30. The predicted octanol–water partition coefficient (Wildman–Crippen LogP) is 3.47. The first kappa shape index (κ1) is 13.2. The summed E-state index contributed by atoms with van der Waals surface area (Å²) in [6.07, 6.45) is 1.02. The van der Waals surface area contributed by atoms with Gasteiger partial charge in [0.25, 0.3) is 0 Å². The van der Waals surface area contributed by atoms with Crippen molar-refractivity contribution in [1.82, 2.24) is 4.98 Å². The van der Waals surface area contributed by atoms with Crippen LogP contribution in [0.5, 0.6) is 0 Å². The molecule has 3 rings (SSSR count). The van der Waals surface area contributed by atoms with Gasteiger partial charge in [-0.25, -0.2) is 4.98 Å². The summed E-state index contributed by atoms with van der Waals surface area (Å²) < 4.78 is 0.959. The topological polar surface area (TPSA) is 36.4 Å². The van der Waals surface area contributed by atoms with Gasteiger partial charge in [-0.05, 0) is 30.7 Å². The van der Waals surface area contributed by atoms with E-state index in [1.165, 1.54) is 0 Å². The second kappa shape index (κ2) is 5.27. The van der Waals surface area contributed by atoms with Gasteiger partial charge in [0.05, 0.1) is 10.5 Å². The molecule has 1 saturated heterocycles. The van der Waals surface area contributed by atoms with Crippen molar-refractivity contribution in [3.63, 3.8) is 0 Å². The monoisotopic (exact) mass is 340 g/mol. The molecule has 1 N–H and O–H groups in total. The molecule has 0 amide bonds. The van der Waals surface area contributed by atoms with Gasteiger partial charge in [0.15, 0.2) is 0 Å². The number of rotatable bonds is 2. The fraction of sp³-hybridized carbons (Fsp3) is 0.357. The lowest BCUT2D eigenvalue weighted by Gasteiger charge is -2.17. The molecule has 1 unspecified atom stereocenters. The van der Waals surface area contributed by atoms with Gasteiger partial charge in [-0.1, -0.05) is 27.5 Å². The molecule has 1 aromatic heterocycles. The number of benzene rings is 1. The molecule has 0 bridgehead atoms. The number of halogens is 2. The molecule has 1 aromatic carbocycles. The normalized spacial score (nSPS) is 19.3. The Labute approximate surface area is 125 Å². The first-order valence-electron chi connectivity index (χ1n) is 6.29. The van der Waals surface area contributed by atoms with Crippen molar-refractivity contribution >= 4 is 44.3 Å². The van der Waals surface area contributed by atoms with Crippen LogP contribution in [0.4, 0.5) is 5.82 Å². The number of pyridine rings is 1. The summed E-state index contributed by atoms with van der Waals surface area (Å²) in [6, 6.07) is 7.94. The molecule has 1 atom stereocenters. The highest BCUT2D eigenvalue weighted by Crippen LogP contribution is 2.30. The third-order valence-corrected chi connectivity index (χ3v) is 4.31. The molecule has 1 aliphatic heterocycles. The number of fused-ring (bicyclic) bond motifs is 1. The summed E-state index contributed by atoms with van der Waals surface area (Å²) in [7, 11) is 0. The maximum atomic E-state index is 9.20. The molecule has 0 saturated carbocycles. The van der Waals surface area contributed by atoms with Crippen molar-refractivity contribution in [2.45, 2.75) is 6.42 Å². The number of aromatic nitrogens is 1. The zero-order chi connectivity index (χ0) is 13.4. The van der Waals surface area contributed by atoms with Gasteiger partial charge in [-0.2, -0.15) is 0 Å². The highest BCUT2D eigenvalue weighted by molar-refractivity contribution is 9.10. The summed E-state index contributed by atoms with van der Waals surface area (Å²) in [4.78, 5) is 6.87. The van der Waals surface area contributed by atoms with Gasteiger partial charge in [-0.3, -0.25) is 0 Å². The number of hydrogen-bond donors (Lipinski definition) is 1. The van der Waals surface area contributed by atoms with Gasteiger partial charge in [0, 0.05) is 35.5 Å². The highest BCUT2D eigenvalue weighted by Gasteiger charge is 2.22. The van der Waals surface area contributed by atoms with E-state index < -0.39 is 0 Å². The van der Waals surface area contributed by atoms with Crippen molar-refractivity contribution in [2.75, 3.05) is 24.6 Å². The van der Waals surface area contributed by atoms with Crippen LogP contribution in [0, 0.1) is 5.92 Å². The molecule has 5 heteroatoms. The van der Waals surface area contributed by atoms with Crippen LogP contribution in [0.25, 0.3) is 10.9 Å². The van der Waals surface area contributed by atoms with E-state index >= 15 is 0 Å². The van der Waals surface area contributed by atoms with E-state index in [1.54, 1.807) is 0 Å². The average molecular weight is 342 g/mol. The lowest BCUT2D eigenvalue weighted by molar-refractivity contribution is 0.238. The van der Waals surface area contributed by atoms with Crippen LogP contribution in [0.15, 0.2) is 28.7 Å². The number of aliphatic hydroxyl groups excluding tert-OH is 1. The Hall–Kier alpha value is -0.840. The second-order valence-electron chi connectivity index (χ2n) is 4.91. The molecular weight excluding hydrogens is 328 g/mol. The number of nitrogens with zero attached hydrogens (tertiary/aromatic N) is 2. The summed E-state index contributed by atoms with van der Waals surface area (Å²) >= 11 is 9.68. The Kier molecular flexibility index (Phi) is 3.65. The van der Waals surface area contributed by atoms with Crippen molar-refractivity contribution < 1.29 is 5.11 Å². The molecule has 1 aliphatic rings. The molecule has 3 nitrogen and oxygen atoms in total. The predicted molar refractivity (Wildman–Crippen MR) is 81.9 cm³/mol. The Morgan fingerprint density at radius 1 is 1.42 bits per heavy atom. The maximum absolute atomic E-state index is 9.20. The molecule has 1 fully saturated rings. The molecule has 0 aliphatic carbocycles. The molecule has 2 aromatic rings. The molecule has 100 valence electrons. The van der Waals surface area contributed by atoms with Crippen LogP contribution in [-0.4, -0.2) is 29.8 Å². The summed E-state index contributed by atoms with van der Waals surface area (Å²) in [5, 5.41) is 10.9. The van der Waals surface area contributed by atoms with Crippen LogP contribution in [0.3, 0.4) is 0 Å². The summed E-state index contributed by atoms with van der Waals surface area (Å²) in [5.41, 5.74) is 0.829. The standard InChI is InChI=1S/C14H14BrClN2O/c15-11-5-10-1-2-13(17-14(10)12(16)6-11)18-4-3-9(7-18)8-19/h1-2,5-6,9,19H,3-4,7-8H2. The van der Waals surface area contributed by atoms with Crippen LogP contribution < -0.4 is 4.90 Å². The minimum atomic E-state index is 0.248. The molecule has 0 radical (unpaired) electrons. The lowest BCUT2D eigenvalue weighted by Crippen LogP contribution is -2.21. The average Bonchev–Trinajstić information content (AvgIpc) is 2.87. The quantitative estimate of drug-likeness (QED) is 0.908. The minimum absolute atomic E-state index is 0.248. The first-order chi connectivity index (χ1) is 9.17. The van der Waals surface area contributed by atoms with E-state index in [0.29, 0.717) is 10.9 Å². The Morgan fingerprint density at radius 2 is 2.26 bits per heavy atom. The van der Waals surface area contributed by atoms with Crippen molar-refractivity contribution in [2.24, 2.45) is 5.92 Å². The smallest absolute Gasteiger partial charge is 0.129 e. The Balaban J connectivity index is 1.98. The number of anilines is 1. The zero-order valence-electron chi connectivity index (χ0n) is 10.3. The van der Waals surface area contributed by atoms with E-state index in [0.717, 1.165) is 40.7 Å². The van der Waals surface area contributed by atoms with Crippen molar-refractivity contribution in [1.29, 1.82) is 0 Å². The third-order valence-electron chi connectivity index (χ3n) is 3.56. The minimum Gasteiger partial charge on any atom is -0.396 e. The SMILES string of the molecule is OCC1CCN(c2ccc3cc(Br)cc(Cl)c3n2)C1. The van der Waals surface area contributed by atoms with Crippen LogP contribution in [0.1, 0.15) is 6.42 Å². The van der Waals surface area contributed by atoms with Crippen molar-refractivity contribution in [3.8, 4) is 0 Å². The second-order valence-corrected chi connectivity index (χ2v) is 6.23. The van der Waals surface area contributed by atoms with E-state index in [2.05, 4.69) is 25.8 Å². The summed E-state index contributed by atoms with van der Waals surface area (Å²) in [6.45, 7) is 2.05. The van der Waals surface area contributed by atoms with E-state index in [9.17, 15) is 5.11 Å². The lowest BCUT2D eigenvalue weighted by atomic mass is 10.1. The van der Waals surface area contributed by atoms with Gasteiger partial charge in [0.2, 0.25) is 0 Å². The van der Waals surface area contributed by atoms with Gasteiger partial charge >= 0.3 is 0 Å². The van der Waals surface area contributed by atoms with Crippen LogP contribution >= 0.6 is 27.5 Å². The Morgan fingerprint density at radius 3 is 3.00 bits per heavy atom. The van der Waals surface area contributed by atoms with Gasteiger partial charge < -0.3 is 10.0 Å². The highest BCUT2D eigenvalue weighted by atomic mass is 79.9. The molecular formula is C14H14BrClN2O. The van der Waals surface area contributed by atoms with Crippen molar-refractivity contribution in [3.05, 3.63) is 33.8 Å². The molecule has 0 spiro atoms. The van der Waals surface area contributed by atoms with Crippen LogP contribution in [-0.2, 0) is 0 Å². The Bertz CT molecular complexity index is 620. The molecule has 2 heterocycles. The van der Waals surface area contributed by atoms with Crippen LogP contribution in [0.2, 0.25) is 5.02 Å². The number of aliphatic hydroxyl groups is 1. The van der Waals surface area contributed by atoms with E-state index in [-0.39, 0.29) is 6.61 Å². The van der Waals surface area contributed by atoms with E-state index in [4.69, 9.17) is 11.6 Å². The molecule has 19 heavy (non-hydrogen) atoms.